The lowest BCUT2D eigenvalue weighted by Crippen LogP contribution is -2.29. The molecular weight excluding hydrogens is 254 g/mol. The van der Waals surface area contributed by atoms with E-state index < -0.39 is 0 Å². The molecule has 2 fully saturated rings. The molecule has 1 heterocycles. The second kappa shape index (κ2) is 5.61. The topological polar surface area (TPSA) is 71.1 Å². The largest absolute Gasteiger partial charge is 0.350 e. The van der Waals surface area contributed by atoms with Crippen molar-refractivity contribution in [2.45, 2.75) is 25.7 Å². The van der Waals surface area contributed by atoms with Crippen LogP contribution in [0.15, 0.2) is 18.2 Å². The van der Waals surface area contributed by atoms with Crippen LogP contribution in [0, 0.1) is 11.8 Å². The monoisotopic (exact) mass is 273 g/mol. The van der Waals surface area contributed by atoms with E-state index in [1.54, 1.807) is 18.2 Å². The van der Waals surface area contributed by atoms with Crippen LogP contribution in [0.3, 0.4) is 0 Å². The van der Waals surface area contributed by atoms with Crippen molar-refractivity contribution in [3.05, 3.63) is 29.6 Å². The van der Waals surface area contributed by atoms with Gasteiger partial charge in [0.05, 0.1) is 0 Å². The Morgan fingerprint density at radius 2 is 1.40 bits per heavy atom. The Morgan fingerprint density at radius 3 is 1.80 bits per heavy atom. The number of nitrogens with one attached hydrogen (secondary N) is 2. The molecule has 0 saturated heterocycles. The Bertz CT molecular complexity index is 478. The van der Waals surface area contributed by atoms with E-state index >= 15 is 0 Å². The third kappa shape index (κ3) is 3.56. The van der Waals surface area contributed by atoms with Gasteiger partial charge in [0.25, 0.3) is 11.8 Å². The minimum atomic E-state index is -0.200. The van der Waals surface area contributed by atoms with Crippen molar-refractivity contribution in [2.24, 2.45) is 11.8 Å². The number of rotatable bonds is 6. The summed E-state index contributed by atoms with van der Waals surface area (Å²) in [6.45, 7) is 1.41. The van der Waals surface area contributed by atoms with Crippen molar-refractivity contribution < 1.29 is 9.59 Å². The van der Waals surface area contributed by atoms with Gasteiger partial charge >= 0.3 is 0 Å². The highest BCUT2D eigenvalue weighted by molar-refractivity contribution is 5.96. The van der Waals surface area contributed by atoms with Crippen LogP contribution in [0.4, 0.5) is 0 Å². The summed E-state index contributed by atoms with van der Waals surface area (Å²) in [5.41, 5.74) is 0.620. The van der Waals surface area contributed by atoms with Crippen molar-refractivity contribution in [2.75, 3.05) is 13.1 Å². The quantitative estimate of drug-likeness (QED) is 0.822. The van der Waals surface area contributed by atoms with Gasteiger partial charge in [-0.1, -0.05) is 6.07 Å². The predicted octanol–water partition coefficient (Wildman–Crippen LogP) is 1.36. The fourth-order valence-electron chi connectivity index (χ4n) is 1.99. The zero-order chi connectivity index (χ0) is 13.9. The zero-order valence-corrected chi connectivity index (χ0v) is 11.4. The first-order valence-electron chi connectivity index (χ1n) is 7.26. The number of carbonyl (C=O) groups excluding carboxylic acids is 2. The SMILES string of the molecule is O=C(NCC1CC1)c1cccc(C(=O)NCC2CC2)n1. The molecule has 2 aliphatic carbocycles. The van der Waals surface area contributed by atoms with E-state index in [2.05, 4.69) is 15.6 Å². The van der Waals surface area contributed by atoms with Gasteiger partial charge in [-0.05, 0) is 49.7 Å². The standard InChI is InChI=1S/C15H19N3O2/c19-14(16-8-10-4-5-10)12-2-1-3-13(18-12)15(20)17-9-11-6-7-11/h1-3,10-11H,4-9H2,(H,16,19)(H,17,20). The highest BCUT2D eigenvalue weighted by Crippen LogP contribution is 2.28. The van der Waals surface area contributed by atoms with Gasteiger partial charge in [0.15, 0.2) is 0 Å². The Morgan fingerprint density at radius 1 is 0.950 bits per heavy atom. The van der Waals surface area contributed by atoms with E-state index in [1.807, 2.05) is 0 Å². The second-order valence-electron chi connectivity index (χ2n) is 5.71. The highest BCUT2D eigenvalue weighted by Gasteiger charge is 2.23. The van der Waals surface area contributed by atoms with Crippen LogP contribution in [0.5, 0.6) is 0 Å². The fourth-order valence-corrected chi connectivity index (χ4v) is 1.99. The molecule has 0 atom stereocenters. The van der Waals surface area contributed by atoms with E-state index in [9.17, 15) is 9.59 Å². The maximum atomic E-state index is 11.9. The lowest BCUT2D eigenvalue weighted by atomic mass is 10.2. The van der Waals surface area contributed by atoms with E-state index in [0.29, 0.717) is 36.3 Å². The minimum Gasteiger partial charge on any atom is -0.350 e. The van der Waals surface area contributed by atoms with Crippen molar-refractivity contribution >= 4 is 11.8 Å². The van der Waals surface area contributed by atoms with Crippen LogP contribution >= 0.6 is 0 Å². The van der Waals surface area contributed by atoms with Crippen LogP contribution in [0.2, 0.25) is 0 Å². The maximum absolute atomic E-state index is 11.9. The molecule has 0 spiro atoms. The van der Waals surface area contributed by atoms with Gasteiger partial charge in [-0.15, -0.1) is 0 Å². The fraction of sp³-hybridized carbons (Fsp3) is 0.533. The number of hydrogen-bond donors (Lipinski definition) is 2. The minimum absolute atomic E-state index is 0.200. The number of pyridine rings is 1. The Hall–Kier alpha value is -1.91. The summed E-state index contributed by atoms with van der Waals surface area (Å²) in [4.78, 5) is 28.0. The molecule has 0 bridgehead atoms. The summed E-state index contributed by atoms with van der Waals surface area (Å²) in [6.07, 6.45) is 4.77. The van der Waals surface area contributed by atoms with Crippen molar-refractivity contribution in [3.8, 4) is 0 Å². The van der Waals surface area contributed by atoms with Crippen LogP contribution in [-0.2, 0) is 0 Å². The average molecular weight is 273 g/mol. The van der Waals surface area contributed by atoms with Gasteiger partial charge in [0, 0.05) is 13.1 Å². The molecular formula is C15H19N3O2. The van der Waals surface area contributed by atoms with Gasteiger partial charge in [-0.3, -0.25) is 9.59 Å². The molecule has 106 valence electrons. The molecule has 20 heavy (non-hydrogen) atoms. The molecule has 5 heteroatoms. The number of aromatic nitrogens is 1. The van der Waals surface area contributed by atoms with E-state index in [4.69, 9.17) is 0 Å². The van der Waals surface area contributed by atoms with Gasteiger partial charge in [0.2, 0.25) is 0 Å². The molecule has 2 N–H and O–H groups in total. The number of nitrogens with zero attached hydrogens (tertiary/aromatic N) is 1. The second-order valence-corrected chi connectivity index (χ2v) is 5.71. The maximum Gasteiger partial charge on any atom is 0.269 e. The third-order valence-corrected chi connectivity index (χ3v) is 3.71. The first-order valence-corrected chi connectivity index (χ1v) is 7.26. The average Bonchev–Trinajstić information content (AvgIpc) is 3.36. The molecule has 1 aromatic heterocycles. The lowest BCUT2D eigenvalue weighted by Gasteiger charge is -2.06. The summed E-state index contributed by atoms with van der Waals surface area (Å²) in [6, 6.07) is 4.98. The smallest absolute Gasteiger partial charge is 0.269 e. The van der Waals surface area contributed by atoms with E-state index in [0.717, 1.165) is 0 Å². The van der Waals surface area contributed by atoms with Crippen LogP contribution < -0.4 is 10.6 Å². The molecule has 2 saturated carbocycles. The molecule has 5 nitrogen and oxygen atoms in total. The number of carbonyl (C=O) groups is 2. The van der Waals surface area contributed by atoms with E-state index in [1.165, 1.54) is 25.7 Å². The highest BCUT2D eigenvalue weighted by atomic mass is 16.2. The molecule has 1 aromatic rings. The molecule has 2 amide bonds. The first-order chi connectivity index (χ1) is 9.72. The van der Waals surface area contributed by atoms with Gasteiger partial charge in [-0.25, -0.2) is 4.98 Å². The molecule has 0 aromatic carbocycles. The molecule has 3 rings (SSSR count). The van der Waals surface area contributed by atoms with Crippen molar-refractivity contribution in [1.82, 2.24) is 15.6 Å². The predicted molar refractivity (Wildman–Crippen MR) is 74.4 cm³/mol. The summed E-state index contributed by atoms with van der Waals surface area (Å²) in [7, 11) is 0. The summed E-state index contributed by atoms with van der Waals surface area (Å²) < 4.78 is 0. The molecule has 0 radical (unpaired) electrons. The van der Waals surface area contributed by atoms with Gasteiger partial charge in [0.1, 0.15) is 11.4 Å². The van der Waals surface area contributed by atoms with Crippen molar-refractivity contribution in [3.63, 3.8) is 0 Å². The molecule has 2 aliphatic rings. The van der Waals surface area contributed by atoms with Crippen molar-refractivity contribution in [1.29, 1.82) is 0 Å². The number of hydrogen-bond acceptors (Lipinski definition) is 3. The normalized spacial score (nSPS) is 17.6. The van der Waals surface area contributed by atoms with Crippen LogP contribution in [0.1, 0.15) is 46.7 Å². The van der Waals surface area contributed by atoms with Crippen LogP contribution in [0.25, 0.3) is 0 Å². The van der Waals surface area contributed by atoms with Gasteiger partial charge in [-0.2, -0.15) is 0 Å². The zero-order valence-electron chi connectivity index (χ0n) is 11.4. The molecule has 0 aliphatic heterocycles. The first kappa shape index (κ1) is 13.1. The number of amides is 2. The lowest BCUT2D eigenvalue weighted by molar-refractivity contribution is 0.0942. The Balaban J connectivity index is 1.58. The molecule has 0 unspecified atom stereocenters. The Kier molecular flexibility index (Phi) is 3.67. The summed E-state index contributed by atoms with van der Waals surface area (Å²) >= 11 is 0. The summed E-state index contributed by atoms with van der Waals surface area (Å²) in [5, 5.41) is 5.71. The third-order valence-electron chi connectivity index (χ3n) is 3.71. The van der Waals surface area contributed by atoms with Gasteiger partial charge < -0.3 is 10.6 Å². The van der Waals surface area contributed by atoms with E-state index in [-0.39, 0.29) is 11.8 Å². The summed E-state index contributed by atoms with van der Waals surface area (Å²) in [5.74, 6) is 0.857. The Labute approximate surface area is 118 Å². The van der Waals surface area contributed by atoms with Crippen LogP contribution in [-0.4, -0.2) is 29.9 Å².